The molecule has 0 aliphatic carbocycles. The third-order valence-electron chi connectivity index (χ3n) is 1.65. The molecule has 1 rings (SSSR count). The van der Waals surface area contributed by atoms with Crippen LogP contribution < -0.4 is 0 Å². The maximum absolute atomic E-state index is 11.3. The van der Waals surface area contributed by atoms with Gasteiger partial charge in [0.05, 0.1) is 24.8 Å². The number of aromatic nitrogens is 1. The standard InChI is InChI=1S/C9H11NO4/c1-3-14-9(12)7-5-10-4-6(7)8(11)13-2/h4-5,10H,3H2,1-2H3. The smallest absolute Gasteiger partial charge is 0.340 e. The van der Waals surface area contributed by atoms with Crippen LogP contribution in [0, 0.1) is 0 Å². The maximum Gasteiger partial charge on any atom is 0.340 e. The lowest BCUT2D eigenvalue weighted by molar-refractivity contribution is 0.0505. The van der Waals surface area contributed by atoms with Crippen LogP contribution in [-0.4, -0.2) is 30.6 Å². The summed E-state index contributed by atoms with van der Waals surface area (Å²) in [6.45, 7) is 1.97. The summed E-state index contributed by atoms with van der Waals surface area (Å²) in [6, 6.07) is 0. The number of methoxy groups -OCH3 is 1. The van der Waals surface area contributed by atoms with Crippen molar-refractivity contribution in [2.24, 2.45) is 0 Å². The first-order valence-electron chi connectivity index (χ1n) is 4.13. The molecule has 0 saturated carbocycles. The largest absolute Gasteiger partial charge is 0.465 e. The molecule has 0 unspecified atom stereocenters. The van der Waals surface area contributed by atoms with E-state index in [4.69, 9.17) is 4.74 Å². The van der Waals surface area contributed by atoms with Crippen LogP contribution in [0.2, 0.25) is 0 Å². The highest BCUT2D eigenvalue weighted by Gasteiger charge is 2.19. The van der Waals surface area contributed by atoms with Gasteiger partial charge in [-0.1, -0.05) is 0 Å². The first-order valence-corrected chi connectivity index (χ1v) is 4.13. The molecule has 0 saturated heterocycles. The van der Waals surface area contributed by atoms with Crippen LogP contribution in [0.25, 0.3) is 0 Å². The Kier molecular flexibility index (Phi) is 3.28. The molecule has 0 fully saturated rings. The van der Waals surface area contributed by atoms with E-state index in [2.05, 4.69) is 9.72 Å². The van der Waals surface area contributed by atoms with Gasteiger partial charge in [0.25, 0.3) is 0 Å². The molecule has 0 aliphatic rings. The highest BCUT2D eigenvalue weighted by molar-refractivity contribution is 6.02. The van der Waals surface area contributed by atoms with Gasteiger partial charge >= 0.3 is 11.9 Å². The van der Waals surface area contributed by atoms with Gasteiger partial charge in [-0.3, -0.25) is 0 Å². The Morgan fingerprint density at radius 3 is 2.36 bits per heavy atom. The van der Waals surface area contributed by atoms with E-state index in [0.717, 1.165) is 0 Å². The van der Waals surface area contributed by atoms with Gasteiger partial charge in [0.2, 0.25) is 0 Å². The summed E-state index contributed by atoms with van der Waals surface area (Å²) in [5, 5.41) is 0. The van der Waals surface area contributed by atoms with Crippen LogP contribution >= 0.6 is 0 Å². The molecule has 0 aromatic carbocycles. The van der Waals surface area contributed by atoms with E-state index in [1.807, 2.05) is 0 Å². The number of hydrogen-bond acceptors (Lipinski definition) is 4. The van der Waals surface area contributed by atoms with Crippen LogP contribution in [0.5, 0.6) is 0 Å². The Hall–Kier alpha value is -1.78. The number of H-pyrrole nitrogens is 1. The number of carbonyl (C=O) groups is 2. The van der Waals surface area contributed by atoms with E-state index in [-0.39, 0.29) is 17.7 Å². The van der Waals surface area contributed by atoms with Crippen molar-refractivity contribution >= 4 is 11.9 Å². The number of carbonyl (C=O) groups excluding carboxylic acids is 2. The lowest BCUT2D eigenvalue weighted by Crippen LogP contribution is -2.10. The number of esters is 2. The van der Waals surface area contributed by atoms with E-state index in [1.165, 1.54) is 19.5 Å². The molecule has 5 heteroatoms. The van der Waals surface area contributed by atoms with Crippen molar-refractivity contribution in [3.05, 3.63) is 23.5 Å². The zero-order chi connectivity index (χ0) is 10.6. The zero-order valence-electron chi connectivity index (χ0n) is 7.99. The van der Waals surface area contributed by atoms with Gasteiger partial charge in [-0.2, -0.15) is 0 Å². The van der Waals surface area contributed by atoms with Crippen LogP contribution in [0.3, 0.4) is 0 Å². The zero-order valence-corrected chi connectivity index (χ0v) is 7.99. The van der Waals surface area contributed by atoms with Crippen molar-refractivity contribution in [2.45, 2.75) is 6.92 Å². The molecule has 1 heterocycles. The number of ether oxygens (including phenoxy) is 2. The third-order valence-corrected chi connectivity index (χ3v) is 1.65. The number of rotatable bonds is 3. The summed E-state index contributed by atoms with van der Waals surface area (Å²) in [5.41, 5.74) is 0.379. The maximum atomic E-state index is 11.3. The predicted molar refractivity (Wildman–Crippen MR) is 48.1 cm³/mol. The number of hydrogen-bond donors (Lipinski definition) is 1. The fourth-order valence-electron chi connectivity index (χ4n) is 1.02. The van der Waals surface area contributed by atoms with Crippen LogP contribution in [0.4, 0.5) is 0 Å². The molecule has 0 atom stereocenters. The van der Waals surface area contributed by atoms with Crippen molar-refractivity contribution < 1.29 is 19.1 Å². The molecule has 14 heavy (non-hydrogen) atoms. The molecule has 0 spiro atoms. The molecule has 1 aromatic rings. The molecule has 0 aliphatic heterocycles. The summed E-state index contributed by atoms with van der Waals surface area (Å²) in [4.78, 5) is 25.1. The fraction of sp³-hybridized carbons (Fsp3) is 0.333. The summed E-state index contributed by atoms with van der Waals surface area (Å²) >= 11 is 0. The summed E-state index contributed by atoms with van der Waals surface area (Å²) in [7, 11) is 1.25. The lowest BCUT2D eigenvalue weighted by atomic mass is 10.2. The van der Waals surface area contributed by atoms with Gasteiger partial charge in [0.15, 0.2) is 0 Å². The van der Waals surface area contributed by atoms with Gasteiger partial charge in [0.1, 0.15) is 0 Å². The van der Waals surface area contributed by atoms with Crippen LogP contribution in [0.1, 0.15) is 27.6 Å². The first-order chi connectivity index (χ1) is 6.70. The molecule has 5 nitrogen and oxygen atoms in total. The molecular formula is C9H11NO4. The van der Waals surface area contributed by atoms with Crippen molar-refractivity contribution in [3.8, 4) is 0 Å². The fourth-order valence-corrected chi connectivity index (χ4v) is 1.02. The number of aromatic amines is 1. The molecule has 76 valence electrons. The van der Waals surface area contributed by atoms with E-state index in [0.29, 0.717) is 0 Å². The van der Waals surface area contributed by atoms with Gasteiger partial charge in [-0.25, -0.2) is 9.59 Å². The average Bonchev–Trinajstić information content (AvgIpc) is 2.65. The van der Waals surface area contributed by atoms with Gasteiger partial charge in [0, 0.05) is 12.4 Å². The molecule has 0 amide bonds. The van der Waals surface area contributed by atoms with E-state index in [9.17, 15) is 9.59 Å². The second kappa shape index (κ2) is 4.45. The van der Waals surface area contributed by atoms with Gasteiger partial charge < -0.3 is 14.5 Å². The molecule has 1 aromatic heterocycles. The minimum absolute atomic E-state index is 0.186. The topological polar surface area (TPSA) is 68.4 Å². The summed E-state index contributed by atoms with van der Waals surface area (Å²) in [6.07, 6.45) is 2.81. The van der Waals surface area contributed by atoms with E-state index in [1.54, 1.807) is 6.92 Å². The van der Waals surface area contributed by atoms with Gasteiger partial charge in [-0.05, 0) is 6.92 Å². The average molecular weight is 197 g/mol. The Morgan fingerprint density at radius 1 is 1.29 bits per heavy atom. The minimum Gasteiger partial charge on any atom is -0.465 e. The van der Waals surface area contributed by atoms with Crippen molar-refractivity contribution in [1.82, 2.24) is 4.98 Å². The van der Waals surface area contributed by atoms with Gasteiger partial charge in [-0.15, -0.1) is 0 Å². The predicted octanol–water partition coefficient (Wildman–Crippen LogP) is 0.978. The molecule has 0 bridgehead atoms. The van der Waals surface area contributed by atoms with Crippen molar-refractivity contribution in [1.29, 1.82) is 0 Å². The molecule has 0 radical (unpaired) electrons. The minimum atomic E-state index is -0.561. The van der Waals surface area contributed by atoms with Crippen LogP contribution in [-0.2, 0) is 9.47 Å². The van der Waals surface area contributed by atoms with Crippen molar-refractivity contribution in [2.75, 3.05) is 13.7 Å². The second-order valence-corrected chi connectivity index (χ2v) is 2.49. The third kappa shape index (κ3) is 1.93. The Balaban J connectivity index is 2.92. The Labute approximate surface area is 81.0 Å². The molecular weight excluding hydrogens is 186 g/mol. The van der Waals surface area contributed by atoms with Crippen LogP contribution in [0.15, 0.2) is 12.4 Å². The first kappa shape index (κ1) is 10.3. The highest BCUT2D eigenvalue weighted by Crippen LogP contribution is 2.10. The lowest BCUT2D eigenvalue weighted by Gasteiger charge is -2.01. The van der Waals surface area contributed by atoms with E-state index >= 15 is 0 Å². The van der Waals surface area contributed by atoms with E-state index < -0.39 is 11.9 Å². The summed E-state index contributed by atoms with van der Waals surface area (Å²) < 4.78 is 9.25. The van der Waals surface area contributed by atoms with Crippen molar-refractivity contribution in [3.63, 3.8) is 0 Å². The monoisotopic (exact) mass is 197 g/mol. The second-order valence-electron chi connectivity index (χ2n) is 2.49. The number of nitrogens with one attached hydrogen (secondary N) is 1. The molecule has 1 N–H and O–H groups in total. The normalized spacial score (nSPS) is 9.57. The SMILES string of the molecule is CCOC(=O)c1c[nH]cc1C(=O)OC. The summed E-state index contributed by atoms with van der Waals surface area (Å²) in [5.74, 6) is -1.09. The Bertz CT molecular complexity index is 342. The Morgan fingerprint density at radius 2 is 1.86 bits per heavy atom. The quantitative estimate of drug-likeness (QED) is 0.733. The highest BCUT2D eigenvalue weighted by atomic mass is 16.5.